The van der Waals surface area contributed by atoms with Crippen LogP contribution in [0.4, 0.5) is 20.3 Å². The van der Waals surface area contributed by atoms with Gasteiger partial charge in [0.05, 0.1) is 6.54 Å². The fourth-order valence-electron chi connectivity index (χ4n) is 4.00. The lowest BCUT2D eigenvalue weighted by Gasteiger charge is -2.35. The zero-order chi connectivity index (χ0) is 23.8. The highest BCUT2D eigenvalue weighted by Crippen LogP contribution is 2.33. The van der Waals surface area contributed by atoms with Crippen LogP contribution >= 0.6 is 0 Å². The summed E-state index contributed by atoms with van der Waals surface area (Å²) in [5, 5.41) is 5.99. The van der Waals surface area contributed by atoms with Gasteiger partial charge in [-0.3, -0.25) is 9.59 Å². The van der Waals surface area contributed by atoms with Gasteiger partial charge in [0.2, 0.25) is 11.8 Å². The zero-order valence-corrected chi connectivity index (χ0v) is 18.7. The molecule has 0 spiro atoms. The van der Waals surface area contributed by atoms with Crippen LogP contribution in [0.25, 0.3) is 11.3 Å². The lowest BCUT2D eigenvalue weighted by molar-refractivity contribution is -0.141. The Morgan fingerprint density at radius 1 is 0.970 bits per heavy atom. The number of benzene rings is 2. The number of aromatic nitrogens is 2. The monoisotopic (exact) mass is 453 g/mol. The first-order valence-corrected chi connectivity index (χ1v) is 10.6. The largest absolute Gasteiger partial charge is 0.342 e. The third-order valence-electron chi connectivity index (χ3n) is 5.51. The van der Waals surface area contributed by atoms with Crippen LogP contribution in [-0.4, -0.2) is 38.3 Å². The van der Waals surface area contributed by atoms with Gasteiger partial charge in [0.25, 0.3) is 0 Å². The van der Waals surface area contributed by atoms with Crippen molar-refractivity contribution < 1.29 is 18.4 Å². The summed E-state index contributed by atoms with van der Waals surface area (Å²) in [7, 11) is 0. The molecule has 0 atom stereocenters. The number of rotatable bonds is 5. The quantitative estimate of drug-likeness (QED) is 0.616. The maximum absolute atomic E-state index is 13.5. The van der Waals surface area contributed by atoms with Gasteiger partial charge < -0.3 is 20.1 Å². The molecular formula is C24H25F2N5O2. The molecule has 7 nitrogen and oxygen atoms in total. The van der Waals surface area contributed by atoms with Crippen LogP contribution in [0.3, 0.4) is 0 Å². The molecule has 1 aliphatic rings. The normalized spacial score (nSPS) is 13.4. The molecule has 0 unspecified atom stereocenters. The fourth-order valence-corrected chi connectivity index (χ4v) is 4.00. The number of halogens is 2. The molecule has 4 rings (SSSR count). The van der Waals surface area contributed by atoms with Crippen molar-refractivity contribution in [2.24, 2.45) is 0 Å². The van der Waals surface area contributed by atoms with Crippen molar-refractivity contribution in [1.29, 1.82) is 0 Å². The molecule has 1 aromatic heterocycles. The van der Waals surface area contributed by atoms with E-state index in [1.807, 2.05) is 4.57 Å². The second-order valence-electron chi connectivity index (χ2n) is 8.55. The zero-order valence-electron chi connectivity index (χ0n) is 18.7. The number of fused-ring (bicyclic) bond motifs is 1. The number of amides is 2. The van der Waals surface area contributed by atoms with Crippen molar-refractivity contribution in [3.63, 3.8) is 0 Å². The van der Waals surface area contributed by atoms with Gasteiger partial charge >= 0.3 is 0 Å². The number of hydrogen-bond acceptors (Lipinski definition) is 4. The predicted molar refractivity (Wildman–Crippen MR) is 121 cm³/mol. The highest BCUT2D eigenvalue weighted by atomic mass is 19.1. The van der Waals surface area contributed by atoms with Gasteiger partial charge in [-0.2, -0.15) is 0 Å². The lowest BCUT2D eigenvalue weighted by Crippen LogP contribution is -2.56. The summed E-state index contributed by atoms with van der Waals surface area (Å²) >= 11 is 0. The second kappa shape index (κ2) is 8.65. The van der Waals surface area contributed by atoms with Crippen LogP contribution in [0.1, 0.15) is 26.6 Å². The Morgan fingerprint density at radius 2 is 1.58 bits per heavy atom. The minimum atomic E-state index is -1.05. The Labute approximate surface area is 190 Å². The van der Waals surface area contributed by atoms with E-state index in [2.05, 4.69) is 10.6 Å². The average Bonchev–Trinajstić information content (AvgIpc) is 3.12. The Hall–Kier alpha value is -3.75. The van der Waals surface area contributed by atoms with E-state index in [-0.39, 0.29) is 30.0 Å². The first-order valence-electron chi connectivity index (χ1n) is 10.6. The number of hydrogen-bond donors (Lipinski definition) is 2. The fraction of sp³-hybridized carbons (Fsp3) is 0.292. The Kier molecular flexibility index (Phi) is 5.88. The standard InChI is InChI=1S/C24H25F2N5O2/c1-15(32)29-24(2,3)23(33)30-12-13-31-20(14-30)28-21(16-4-6-17(25)7-5-16)22(31)27-19-10-8-18(26)9-11-19/h4-11,27H,12-14H2,1-3H3,(H,29,32). The van der Waals surface area contributed by atoms with Crippen molar-refractivity contribution in [2.45, 2.75) is 39.4 Å². The van der Waals surface area contributed by atoms with Gasteiger partial charge in [-0.15, -0.1) is 0 Å². The van der Waals surface area contributed by atoms with E-state index in [1.165, 1.54) is 31.2 Å². The van der Waals surface area contributed by atoms with Crippen LogP contribution in [0.2, 0.25) is 0 Å². The maximum Gasteiger partial charge on any atom is 0.248 e. The van der Waals surface area contributed by atoms with E-state index in [0.717, 1.165) is 0 Å². The van der Waals surface area contributed by atoms with Gasteiger partial charge in [0, 0.05) is 31.3 Å². The molecule has 0 aliphatic carbocycles. The minimum absolute atomic E-state index is 0.205. The molecule has 2 heterocycles. The van der Waals surface area contributed by atoms with Gasteiger partial charge in [0.1, 0.15) is 34.5 Å². The molecule has 9 heteroatoms. The van der Waals surface area contributed by atoms with Crippen molar-refractivity contribution >= 4 is 23.3 Å². The average molecular weight is 453 g/mol. The maximum atomic E-state index is 13.5. The molecule has 0 radical (unpaired) electrons. The van der Waals surface area contributed by atoms with Gasteiger partial charge in [0.15, 0.2) is 0 Å². The first kappa shape index (κ1) is 22.4. The van der Waals surface area contributed by atoms with Gasteiger partial charge in [-0.1, -0.05) is 0 Å². The van der Waals surface area contributed by atoms with Crippen molar-refractivity contribution in [1.82, 2.24) is 19.8 Å². The Bertz CT molecular complexity index is 1190. The Morgan fingerprint density at radius 3 is 2.18 bits per heavy atom. The number of nitrogens with one attached hydrogen (secondary N) is 2. The van der Waals surface area contributed by atoms with Crippen LogP contribution in [0.15, 0.2) is 48.5 Å². The summed E-state index contributed by atoms with van der Waals surface area (Å²) in [5.74, 6) is 0.145. The Balaban J connectivity index is 1.69. The molecule has 2 amide bonds. The summed E-state index contributed by atoms with van der Waals surface area (Å²) in [6.07, 6.45) is 0. The van der Waals surface area contributed by atoms with E-state index in [4.69, 9.17) is 4.98 Å². The minimum Gasteiger partial charge on any atom is -0.342 e. The molecule has 0 bridgehead atoms. The number of nitrogens with zero attached hydrogens (tertiary/aromatic N) is 3. The van der Waals surface area contributed by atoms with E-state index < -0.39 is 5.54 Å². The molecule has 172 valence electrons. The van der Waals surface area contributed by atoms with Crippen molar-refractivity contribution in [2.75, 3.05) is 11.9 Å². The number of anilines is 2. The van der Waals surface area contributed by atoms with Gasteiger partial charge in [-0.05, 0) is 62.4 Å². The molecule has 3 aromatic rings. The van der Waals surface area contributed by atoms with Gasteiger partial charge in [-0.25, -0.2) is 13.8 Å². The highest BCUT2D eigenvalue weighted by Gasteiger charge is 2.35. The summed E-state index contributed by atoms with van der Waals surface area (Å²) < 4.78 is 28.8. The topological polar surface area (TPSA) is 79.3 Å². The molecule has 0 saturated heterocycles. The van der Waals surface area contributed by atoms with Crippen molar-refractivity contribution in [3.8, 4) is 11.3 Å². The highest BCUT2D eigenvalue weighted by molar-refractivity contribution is 5.90. The van der Waals surface area contributed by atoms with E-state index in [9.17, 15) is 18.4 Å². The number of imidazole rings is 1. The molecule has 0 saturated carbocycles. The van der Waals surface area contributed by atoms with E-state index in [0.29, 0.717) is 41.7 Å². The van der Waals surface area contributed by atoms with Crippen LogP contribution in [0, 0.1) is 11.6 Å². The van der Waals surface area contributed by atoms with Crippen LogP contribution in [-0.2, 0) is 22.7 Å². The molecular weight excluding hydrogens is 428 g/mol. The van der Waals surface area contributed by atoms with Crippen LogP contribution in [0.5, 0.6) is 0 Å². The third-order valence-corrected chi connectivity index (χ3v) is 5.51. The van der Waals surface area contributed by atoms with E-state index in [1.54, 1.807) is 43.0 Å². The molecule has 2 N–H and O–H groups in total. The summed E-state index contributed by atoms with van der Waals surface area (Å²) in [6.45, 7) is 5.86. The summed E-state index contributed by atoms with van der Waals surface area (Å²) in [5.41, 5.74) is 0.937. The molecule has 1 aliphatic heterocycles. The lowest BCUT2D eigenvalue weighted by atomic mass is 10.0. The molecule has 0 fully saturated rings. The third kappa shape index (κ3) is 4.72. The van der Waals surface area contributed by atoms with E-state index >= 15 is 0 Å². The first-order chi connectivity index (χ1) is 15.6. The smallest absolute Gasteiger partial charge is 0.248 e. The SMILES string of the molecule is CC(=O)NC(C)(C)C(=O)N1CCn2c(nc(-c3ccc(F)cc3)c2Nc2ccc(F)cc2)C1. The molecule has 33 heavy (non-hydrogen) atoms. The summed E-state index contributed by atoms with van der Waals surface area (Å²) in [4.78, 5) is 31.0. The second-order valence-corrected chi connectivity index (χ2v) is 8.55. The number of carbonyl (C=O) groups excluding carboxylic acids is 2. The molecule has 2 aromatic carbocycles. The van der Waals surface area contributed by atoms with Crippen molar-refractivity contribution in [3.05, 3.63) is 66.0 Å². The summed E-state index contributed by atoms with van der Waals surface area (Å²) in [6, 6.07) is 12.0. The number of carbonyl (C=O) groups is 2. The van der Waals surface area contributed by atoms with Crippen LogP contribution < -0.4 is 10.6 Å². The predicted octanol–water partition coefficient (Wildman–Crippen LogP) is 3.83.